The summed E-state index contributed by atoms with van der Waals surface area (Å²) in [5.74, 6) is 0. The number of aromatic nitrogens is 1. The molecule has 2 rings (SSSR count). The van der Waals surface area contributed by atoms with Crippen LogP contribution >= 0.6 is 0 Å². The van der Waals surface area contributed by atoms with Crippen molar-refractivity contribution in [2.24, 2.45) is 7.05 Å². The molecule has 0 bridgehead atoms. The molecular formula is C9H11BN2. The van der Waals surface area contributed by atoms with Crippen molar-refractivity contribution in [2.75, 3.05) is 5.73 Å². The topological polar surface area (TPSA) is 30.9 Å². The van der Waals surface area contributed by atoms with Crippen LogP contribution in [0.2, 0.25) is 0 Å². The van der Waals surface area contributed by atoms with Crippen molar-refractivity contribution < 1.29 is 0 Å². The van der Waals surface area contributed by atoms with Crippen molar-refractivity contribution in [1.29, 1.82) is 0 Å². The molecule has 1 heterocycles. The quantitative estimate of drug-likeness (QED) is 0.425. The predicted molar refractivity (Wildman–Crippen MR) is 55.5 cm³/mol. The molecule has 0 spiro atoms. The molecule has 2 nitrogen and oxygen atoms in total. The van der Waals surface area contributed by atoms with Crippen LogP contribution in [0, 0.1) is 0 Å². The summed E-state index contributed by atoms with van der Waals surface area (Å²) in [5.41, 5.74) is 9.07. The minimum Gasteiger partial charge on any atom is -0.399 e. The highest BCUT2D eigenvalue weighted by Crippen LogP contribution is 2.14. The number of nitrogens with zero attached hydrogens (tertiary/aromatic N) is 1. The molecule has 0 radical (unpaired) electrons. The molecule has 1 aromatic heterocycles. The third kappa shape index (κ3) is 0.898. The van der Waals surface area contributed by atoms with Gasteiger partial charge in [-0.05, 0) is 18.2 Å². The van der Waals surface area contributed by atoms with Gasteiger partial charge in [0.25, 0.3) is 0 Å². The highest BCUT2D eigenvalue weighted by atomic mass is 14.9. The van der Waals surface area contributed by atoms with Gasteiger partial charge in [0.05, 0.1) is 0 Å². The fourth-order valence-electron chi connectivity index (χ4n) is 1.71. The molecule has 0 saturated heterocycles. The molecular weight excluding hydrogens is 147 g/mol. The summed E-state index contributed by atoms with van der Waals surface area (Å²) in [6.07, 6.45) is 2.05. The van der Waals surface area contributed by atoms with E-state index in [0.717, 1.165) is 5.69 Å². The Morgan fingerprint density at radius 1 is 1.42 bits per heavy atom. The number of fused-ring (bicyclic) bond motifs is 1. The maximum Gasteiger partial charge on any atom is 0.142 e. The van der Waals surface area contributed by atoms with E-state index >= 15 is 0 Å². The Hall–Kier alpha value is -1.38. The van der Waals surface area contributed by atoms with Crippen LogP contribution in [0.3, 0.4) is 0 Å². The molecule has 0 fully saturated rings. The molecule has 0 aliphatic rings. The van der Waals surface area contributed by atoms with Crippen LogP contribution in [0.5, 0.6) is 0 Å². The number of hydrogen-bond donors (Lipinski definition) is 1. The Morgan fingerprint density at radius 2 is 2.17 bits per heavy atom. The number of aryl methyl sites for hydroxylation is 1. The van der Waals surface area contributed by atoms with Crippen LogP contribution < -0.4 is 11.2 Å². The molecule has 0 aliphatic carbocycles. The third-order valence-electron chi connectivity index (χ3n) is 2.18. The summed E-state index contributed by atoms with van der Waals surface area (Å²) in [7, 11) is 4.13. The Balaban J connectivity index is 2.93. The van der Waals surface area contributed by atoms with Gasteiger partial charge in [0, 0.05) is 29.8 Å². The standard InChI is InChI=1S/C9H11BN2/c1-12-3-2-6-4-7(11)5-8(10)9(6)12/h2-5H,10-11H2,1H3. The number of nitrogens with two attached hydrogens (primary N) is 1. The molecule has 1 aromatic carbocycles. The van der Waals surface area contributed by atoms with E-state index in [1.165, 1.54) is 16.4 Å². The molecule has 60 valence electrons. The van der Waals surface area contributed by atoms with E-state index in [1.807, 2.05) is 19.2 Å². The van der Waals surface area contributed by atoms with Gasteiger partial charge in [-0.15, -0.1) is 0 Å². The zero-order valence-electron chi connectivity index (χ0n) is 7.33. The van der Waals surface area contributed by atoms with Crippen molar-refractivity contribution in [2.45, 2.75) is 0 Å². The fourth-order valence-corrected chi connectivity index (χ4v) is 1.71. The van der Waals surface area contributed by atoms with Crippen LogP contribution in [0.25, 0.3) is 10.9 Å². The van der Waals surface area contributed by atoms with Gasteiger partial charge in [-0.1, -0.05) is 5.46 Å². The molecule has 0 aliphatic heterocycles. The van der Waals surface area contributed by atoms with Gasteiger partial charge in [0.2, 0.25) is 0 Å². The molecule has 2 aromatic rings. The maximum absolute atomic E-state index is 5.72. The van der Waals surface area contributed by atoms with E-state index in [9.17, 15) is 0 Å². The zero-order valence-corrected chi connectivity index (χ0v) is 7.33. The van der Waals surface area contributed by atoms with Gasteiger partial charge in [0.15, 0.2) is 0 Å². The lowest BCUT2D eigenvalue weighted by Crippen LogP contribution is -2.08. The van der Waals surface area contributed by atoms with Gasteiger partial charge < -0.3 is 10.3 Å². The summed E-state index contributed by atoms with van der Waals surface area (Å²) in [6.45, 7) is 0. The number of hydrogen-bond acceptors (Lipinski definition) is 1. The minimum atomic E-state index is 0.839. The van der Waals surface area contributed by atoms with Crippen LogP contribution in [-0.4, -0.2) is 12.4 Å². The average molecular weight is 158 g/mol. The van der Waals surface area contributed by atoms with E-state index in [2.05, 4.69) is 24.7 Å². The first-order valence-electron chi connectivity index (χ1n) is 3.99. The van der Waals surface area contributed by atoms with E-state index in [-0.39, 0.29) is 0 Å². The van der Waals surface area contributed by atoms with E-state index < -0.39 is 0 Å². The van der Waals surface area contributed by atoms with Crippen LogP contribution in [0.1, 0.15) is 0 Å². The highest BCUT2D eigenvalue weighted by Gasteiger charge is 2.01. The Morgan fingerprint density at radius 3 is 2.92 bits per heavy atom. The van der Waals surface area contributed by atoms with Crippen molar-refractivity contribution in [3.05, 3.63) is 24.4 Å². The van der Waals surface area contributed by atoms with Gasteiger partial charge in [0.1, 0.15) is 7.85 Å². The molecule has 0 saturated carbocycles. The van der Waals surface area contributed by atoms with Crippen molar-refractivity contribution in [3.8, 4) is 0 Å². The second-order valence-electron chi connectivity index (χ2n) is 3.20. The second kappa shape index (κ2) is 2.30. The Bertz CT molecular complexity index is 431. The van der Waals surface area contributed by atoms with Gasteiger partial charge in [-0.3, -0.25) is 0 Å². The first kappa shape index (κ1) is 7.28. The molecule has 3 heteroatoms. The summed E-state index contributed by atoms with van der Waals surface area (Å²) in [5, 5.41) is 1.22. The first-order valence-corrected chi connectivity index (χ1v) is 3.99. The van der Waals surface area contributed by atoms with Crippen LogP contribution in [-0.2, 0) is 7.05 Å². The number of rotatable bonds is 0. The normalized spacial score (nSPS) is 10.8. The lowest BCUT2D eigenvalue weighted by atomic mass is 9.93. The van der Waals surface area contributed by atoms with Gasteiger partial charge in [-0.2, -0.15) is 0 Å². The van der Waals surface area contributed by atoms with Gasteiger partial charge in [-0.25, -0.2) is 0 Å². The smallest absolute Gasteiger partial charge is 0.142 e. The maximum atomic E-state index is 5.72. The molecule has 0 unspecified atom stereocenters. The summed E-state index contributed by atoms with van der Waals surface area (Å²) in [6, 6.07) is 6.09. The monoisotopic (exact) mass is 158 g/mol. The summed E-state index contributed by atoms with van der Waals surface area (Å²) < 4.78 is 2.12. The highest BCUT2D eigenvalue weighted by molar-refractivity contribution is 6.38. The van der Waals surface area contributed by atoms with Crippen molar-refractivity contribution in [1.82, 2.24) is 4.57 Å². The summed E-state index contributed by atoms with van der Waals surface area (Å²) >= 11 is 0. The minimum absolute atomic E-state index is 0.839. The van der Waals surface area contributed by atoms with Crippen LogP contribution in [0.15, 0.2) is 24.4 Å². The lowest BCUT2D eigenvalue weighted by Gasteiger charge is -2.02. The molecule has 12 heavy (non-hydrogen) atoms. The average Bonchev–Trinajstić information content (AvgIpc) is 2.31. The van der Waals surface area contributed by atoms with E-state index in [1.54, 1.807) is 0 Å². The molecule has 0 amide bonds. The van der Waals surface area contributed by atoms with Gasteiger partial charge >= 0.3 is 0 Å². The van der Waals surface area contributed by atoms with E-state index in [4.69, 9.17) is 5.73 Å². The van der Waals surface area contributed by atoms with Crippen LogP contribution in [0.4, 0.5) is 5.69 Å². The summed E-state index contributed by atoms with van der Waals surface area (Å²) in [4.78, 5) is 0. The zero-order chi connectivity index (χ0) is 8.72. The van der Waals surface area contributed by atoms with Crippen molar-refractivity contribution >= 4 is 29.9 Å². The second-order valence-corrected chi connectivity index (χ2v) is 3.20. The SMILES string of the molecule is Bc1cc(N)cc2ccn(C)c12. The van der Waals surface area contributed by atoms with E-state index in [0.29, 0.717) is 0 Å². The number of nitrogen functional groups attached to an aromatic ring is 1. The number of anilines is 1. The van der Waals surface area contributed by atoms with Crippen molar-refractivity contribution in [3.63, 3.8) is 0 Å². The largest absolute Gasteiger partial charge is 0.399 e. The molecule has 0 atom stereocenters. The molecule has 2 N–H and O–H groups in total. The fraction of sp³-hybridized carbons (Fsp3) is 0.111. The lowest BCUT2D eigenvalue weighted by molar-refractivity contribution is 0.972. The first-order chi connectivity index (χ1) is 5.68. The Labute approximate surface area is 72.4 Å². The predicted octanol–water partition coefficient (Wildman–Crippen LogP) is 0.0189. The number of benzene rings is 1. The third-order valence-corrected chi connectivity index (χ3v) is 2.18. The Kier molecular flexibility index (Phi) is 1.40.